The van der Waals surface area contributed by atoms with Gasteiger partial charge in [-0.25, -0.2) is 4.98 Å². The van der Waals surface area contributed by atoms with Gasteiger partial charge in [0.05, 0.1) is 11.0 Å². The first-order valence-corrected chi connectivity index (χ1v) is 9.17. The van der Waals surface area contributed by atoms with Crippen LogP contribution in [0, 0.1) is 6.92 Å². The normalized spacial score (nSPS) is 10.7. The van der Waals surface area contributed by atoms with E-state index in [1.807, 2.05) is 43.3 Å². The summed E-state index contributed by atoms with van der Waals surface area (Å²) in [5.41, 5.74) is 2.71. The maximum absolute atomic E-state index is 11.9. The van der Waals surface area contributed by atoms with Gasteiger partial charge in [-0.15, -0.1) is 0 Å². The van der Waals surface area contributed by atoms with Crippen molar-refractivity contribution in [1.82, 2.24) is 20.2 Å². The highest BCUT2D eigenvalue weighted by molar-refractivity contribution is 5.94. The summed E-state index contributed by atoms with van der Waals surface area (Å²) in [5.74, 6) is 0.757. The van der Waals surface area contributed by atoms with E-state index >= 15 is 0 Å². The number of nitrogens with zero attached hydrogens (tertiary/aromatic N) is 2. The standard InChI is InChI=1S/C21H24N4O2/c1-16-24-18-10-5-6-11-19(18)25(16)15-7-13-22-20(26)12-14-23-21(27)17-8-3-2-4-9-17/h2-6,8-11H,7,12-15H2,1H3,(H,22,26)(H,23,27). The highest BCUT2D eigenvalue weighted by atomic mass is 16.2. The number of aryl methyl sites for hydroxylation is 2. The van der Waals surface area contributed by atoms with Gasteiger partial charge in [0.25, 0.3) is 5.91 Å². The van der Waals surface area contributed by atoms with E-state index in [2.05, 4.69) is 26.3 Å². The zero-order valence-corrected chi connectivity index (χ0v) is 15.4. The summed E-state index contributed by atoms with van der Waals surface area (Å²) in [5, 5.41) is 5.66. The van der Waals surface area contributed by atoms with E-state index in [1.54, 1.807) is 12.1 Å². The second-order valence-electron chi connectivity index (χ2n) is 6.37. The number of hydrogen-bond donors (Lipinski definition) is 2. The van der Waals surface area contributed by atoms with Gasteiger partial charge in [0.1, 0.15) is 5.82 Å². The van der Waals surface area contributed by atoms with Crippen molar-refractivity contribution >= 4 is 22.8 Å². The molecule has 0 radical (unpaired) electrons. The molecule has 0 atom stereocenters. The number of hydrogen-bond acceptors (Lipinski definition) is 3. The summed E-state index contributed by atoms with van der Waals surface area (Å²) in [4.78, 5) is 28.4. The molecule has 0 aliphatic carbocycles. The second-order valence-corrected chi connectivity index (χ2v) is 6.37. The van der Waals surface area contributed by atoms with Crippen LogP contribution >= 0.6 is 0 Å². The fourth-order valence-electron chi connectivity index (χ4n) is 3.01. The van der Waals surface area contributed by atoms with Crippen molar-refractivity contribution in [1.29, 1.82) is 0 Å². The maximum Gasteiger partial charge on any atom is 0.251 e. The highest BCUT2D eigenvalue weighted by Crippen LogP contribution is 2.15. The molecule has 0 spiro atoms. The predicted molar refractivity (Wildman–Crippen MR) is 105 cm³/mol. The Morgan fingerprint density at radius 3 is 2.52 bits per heavy atom. The van der Waals surface area contributed by atoms with Crippen molar-refractivity contribution in [3.05, 3.63) is 66.0 Å². The van der Waals surface area contributed by atoms with Crippen molar-refractivity contribution in [2.45, 2.75) is 26.3 Å². The van der Waals surface area contributed by atoms with Crippen LogP contribution in [0.2, 0.25) is 0 Å². The maximum atomic E-state index is 11.9. The molecule has 0 unspecified atom stereocenters. The van der Waals surface area contributed by atoms with Crippen LogP contribution in [0.15, 0.2) is 54.6 Å². The molecule has 0 saturated carbocycles. The van der Waals surface area contributed by atoms with Crippen LogP contribution in [-0.2, 0) is 11.3 Å². The van der Waals surface area contributed by atoms with E-state index < -0.39 is 0 Å². The van der Waals surface area contributed by atoms with Crippen LogP contribution in [0.25, 0.3) is 11.0 Å². The third-order valence-corrected chi connectivity index (χ3v) is 4.40. The second kappa shape index (κ2) is 8.98. The molecule has 27 heavy (non-hydrogen) atoms. The third-order valence-electron chi connectivity index (χ3n) is 4.40. The first kappa shape index (κ1) is 18.6. The van der Waals surface area contributed by atoms with Crippen LogP contribution in [0.3, 0.4) is 0 Å². The molecule has 2 N–H and O–H groups in total. The van der Waals surface area contributed by atoms with Gasteiger partial charge in [0.15, 0.2) is 0 Å². The van der Waals surface area contributed by atoms with Gasteiger partial charge in [0, 0.05) is 31.6 Å². The van der Waals surface area contributed by atoms with Crippen molar-refractivity contribution in [2.75, 3.05) is 13.1 Å². The minimum absolute atomic E-state index is 0.0597. The van der Waals surface area contributed by atoms with Gasteiger partial charge in [-0.05, 0) is 37.6 Å². The minimum atomic E-state index is -0.161. The summed E-state index contributed by atoms with van der Waals surface area (Å²) < 4.78 is 2.17. The average Bonchev–Trinajstić information content (AvgIpc) is 3.01. The zero-order chi connectivity index (χ0) is 19.1. The van der Waals surface area contributed by atoms with Crippen molar-refractivity contribution < 1.29 is 9.59 Å². The van der Waals surface area contributed by atoms with Crippen molar-refractivity contribution in [2.24, 2.45) is 0 Å². The molecule has 3 aromatic rings. The summed E-state index contributed by atoms with van der Waals surface area (Å²) in [6.07, 6.45) is 1.09. The van der Waals surface area contributed by atoms with Crippen LogP contribution < -0.4 is 10.6 Å². The van der Waals surface area contributed by atoms with E-state index in [0.717, 1.165) is 29.8 Å². The number of rotatable bonds is 8. The van der Waals surface area contributed by atoms with Gasteiger partial charge >= 0.3 is 0 Å². The summed E-state index contributed by atoms with van der Waals surface area (Å²) >= 11 is 0. The van der Waals surface area contributed by atoms with E-state index in [0.29, 0.717) is 18.7 Å². The third kappa shape index (κ3) is 4.94. The van der Waals surface area contributed by atoms with Crippen LogP contribution in [0.5, 0.6) is 0 Å². The minimum Gasteiger partial charge on any atom is -0.356 e. The molecule has 0 bridgehead atoms. The lowest BCUT2D eigenvalue weighted by atomic mass is 10.2. The SMILES string of the molecule is Cc1nc2ccccc2n1CCCNC(=O)CCNC(=O)c1ccccc1. The molecular weight excluding hydrogens is 340 g/mol. The largest absolute Gasteiger partial charge is 0.356 e. The summed E-state index contributed by atoms with van der Waals surface area (Å²) in [6, 6.07) is 17.0. The lowest BCUT2D eigenvalue weighted by Gasteiger charge is -2.09. The number of benzene rings is 2. The monoisotopic (exact) mass is 364 g/mol. The molecule has 140 valence electrons. The van der Waals surface area contributed by atoms with Crippen LogP contribution in [0.1, 0.15) is 29.0 Å². The van der Waals surface area contributed by atoms with E-state index in [4.69, 9.17) is 0 Å². The van der Waals surface area contributed by atoms with Crippen LogP contribution in [0.4, 0.5) is 0 Å². The first-order chi connectivity index (χ1) is 13.1. The number of nitrogens with one attached hydrogen (secondary N) is 2. The first-order valence-electron chi connectivity index (χ1n) is 9.17. The Bertz CT molecular complexity index is 918. The van der Waals surface area contributed by atoms with Gasteiger partial charge in [0.2, 0.25) is 5.91 Å². The number of amides is 2. The molecule has 2 aromatic carbocycles. The fraction of sp³-hybridized carbons (Fsp3) is 0.286. The van der Waals surface area contributed by atoms with Crippen molar-refractivity contribution in [3.63, 3.8) is 0 Å². The van der Waals surface area contributed by atoms with Gasteiger partial charge < -0.3 is 15.2 Å². The highest BCUT2D eigenvalue weighted by Gasteiger charge is 2.08. The molecular formula is C21H24N4O2. The molecule has 6 nitrogen and oxygen atoms in total. The quantitative estimate of drug-likeness (QED) is 0.604. The Balaban J connectivity index is 1.36. The summed E-state index contributed by atoms with van der Waals surface area (Å²) in [6.45, 7) is 3.72. The zero-order valence-electron chi connectivity index (χ0n) is 15.4. The van der Waals surface area contributed by atoms with Gasteiger partial charge in [-0.1, -0.05) is 30.3 Å². The molecule has 0 aliphatic heterocycles. The Kier molecular flexibility index (Phi) is 6.20. The lowest BCUT2D eigenvalue weighted by Crippen LogP contribution is -2.31. The molecule has 2 amide bonds. The molecule has 0 saturated heterocycles. The van der Waals surface area contributed by atoms with E-state index in [-0.39, 0.29) is 18.2 Å². The lowest BCUT2D eigenvalue weighted by molar-refractivity contribution is -0.120. The molecule has 0 aliphatic rings. The fourth-order valence-corrected chi connectivity index (χ4v) is 3.01. The number of carbonyl (C=O) groups is 2. The average molecular weight is 364 g/mol. The molecule has 1 aromatic heterocycles. The smallest absolute Gasteiger partial charge is 0.251 e. The van der Waals surface area contributed by atoms with Crippen molar-refractivity contribution in [3.8, 4) is 0 Å². The number of carbonyl (C=O) groups excluding carboxylic acids is 2. The van der Waals surface area contributed by atoms with Gasteiger partial charge in [-0.3, -0.25) is 9.59 Å². The molecule has 0 fully saturated rings. The Labute approximate surface area is 158 Å². The topological polar surface area (TPSA) is 76.0 Å². The summed E-state index contributed by atoms with van der Waals surface area (Å²) in [7, 11) is 0. The van der Waals surface area contributed by atoms with Crippen LogP contribution in [-0.4, -0.2) is 34.5 Å². The number of para-hydroxylation sites is 2. The Morgan fingerprint density at radius 1 is 0.963 bits per heavy atom. The van der Waals surface area contributed by atoms with E-state index in [1.165, 1.54) is 0 Å². The molecule has 3 rings (SSSR count). The molecule has 6 heteroatoms. The number of imidazole rings is 1. The number of fused-ring (bicyclic) bond motifs is 1. The van der Waals surface area contributed by atoms with E-state index in [9.17, 15) is 9.59 Å². The van der Waals surface area contributed by atoms with Gasteiger partial charge in [-0.2, -0.15) is 0 Å². The molecule has 1 heterocycles. The predicted octanol–water partition coefficient (Wildman–Crippen LogP) is 2.67. The number of aromatic nitrogens is 2. The Morgan fingerprint density at radius 2 is 1.70 bits per heavy atom. The Hall–Kier alpha value is -3.15.